The number of carbonyl (C=O) groups excluding carboxylic acids is 2. The average Bonchev–Trinajstić information content (AvgIpc) is 2.73. The monoisotopic (exact) mass is 307 g/mol. The summed E-state index contributed by atoms with van der Waals surface area (Å²) < 4.78 is 15.8. The molecule has 0 aromatic heterocycles. The van der Waals surface area contributed by atoms with E-state index >= 15 is 0 Å². The van der Waals surface area contributed by atoms with Crippen LogP contribution < -0.4 is 9.47 Å². The van der Waals surface area contributed by atoms with Gasteiger partial charge in [-0.3, -0.25) is 0 Å². The van der Waals surface area contributed by atoms with Gasteiger partial charge in [0.05, 0.1) is 20.8 Å². The van der Waals surface area contributed by atoms with Gasteiger partial charge < -0.3 is 23.9 Å². The number of ether oxygens (including phenoxy) is 3. The zero-order valence-corrected chi connectivity index (χ0v) is 13.1. The van der Waals surface area contributed by atoms with Crippen LogP contribution in [0.15, 0.2) is 12.1 Å². The molecule has 0 spiro atoms. The fourth-order valence-electron chi connectivity index (χ4n) is 2.77. The zero-order chi connectivity index (χ0) is 16.1. The summed E-state index contributed by atoms with van der Waals surface area (Å²) in [6, 6.07) is 3.65. The van der Waals surface area contributed by atoms with Crippen molar-refractivity contribution in [3.05, 3.63) is 23.3 Å². The maximum absolute atomic E-state index is 12.0. The summed E-state index contributed by atoms with van der Waals surface area (Å²) in [4.78, 5) is 25.1. The van der Waals surface area contributed by atoms with Crippen molar-refractivity contribution in [1.82, 2.24) is 4.90 Å². The van der Waals surface area contributed by atoms with Crippen molar-refractivity contribution in [3.8, 4) is 11.5 Å². The molecule has 0 bridgehead atoms. The Morgan fingerprint density at radius 1 is 1.36 bits per heavy atom. The van der Waals surface area contributed by atoms with E-state index in [0.717, 1.165) is 17.4 Å². The molecule has 1 aliphatic heterocycles. The van der Waals surface area contributed by atoms with Crippen LogP contribution in [0.1, 0.15) is 30.4 Å². The van der Waals surface area contributed by atoms with E-state index in [1.165, 1.54) is 0 Å². The van der Waals surface area contributed by atoms with Gasteiger partial charge in [0.15, 0.2) is 11.5 Å². The van der Waals surface area contributed by atoms with Crippen molar-refractivity contribution in [2.75, 3.05) is 27.4 Å². The van der Waals surface area contributed by atoms with E-state index in [1.807, 2.05) is 6.07 Å². The zero-order valence-electron chi connectivity index (χ0n) is 13.1. The lowest BCUT2D eigenvalue weighted by Crippen LogP contribution is -2.31. The number of hydrogen-bond donors (Lipinski definition) is 0. The molecular weight excluding hydrogens is 286 g/mol. The van der Waals surface area contributed by atoms with Gasteiger partial charge in [0.2, 0.25) is 0 Å². The molecular formula is C16H21NO5. The fourth-order valence-corrected chi connectivity index (χ4v) is 2.77. The molecule has 0 fully saturated rings. The second-order valence-corrected chi connectivity index (χ2v) is 5.03. The van der Waals surface area contributed by atoms with Crippen LogP contribution >= 0.6 is 0 Å². The Bertz CT molecular complexity index is 558. The molecule has 1 amide bonds. The molecule has 1 heterocycles. The number of nitrogens with zero attached hydrogens (tertiary/aromatic N) is 1. The lowest BCUT2D eigenvalue weighted by Gasteiger charge is -2.20. The van der Waals surface area contributed by atoms with Gasteiger partial charge in [-0.1, -0.05) is 6.07 Å². The number of amides is 1. The maximum atomic E-state index is 12.0. The van der Waals surface area contributed by atoms with E-state index in [2.05, 4.69) is 0 Å². The average molecular weight is 307 g/mol. The number of carbonyl (C=O) groups is 2. The summed E-state index contributed by atoms with van der Waals surface area (Å²) in [7, 11) is 3.11. The smallest absolute Gasteiger partial charge is 0.410 e. The molecule has 0 saturated heterocycles. The van der Waals surface area contributed by atoms with E-state index in [9.17, 15) is 9.59 Å². The standard InChI is InChI=1S/C16H21NO5/c1-4-22-16(19)17-8-7-12(10-18)14-11(9-17)5-6-13(20-2)15(14)21-3/h5-6,10,12H,4,7-9H2,1-3H3. The van der Waals surface area contributed by atoms with Gasteiger partial charge in [-0.05, 0) is 25.0 Å². The molecule has 1 unspecified atom stereocenters. The highest BCUT2D eigenvalue weighted by Gasteiger charge is 2.29. The topological polar surface area (TPSA) is 65.1 Å². The van der Waals surface area contributed by atoms with Crippen LogP contribution in [0.3, 0.4) is 0 Å². The predicted molar refractivity (Wildman–Crippen MR) is 80.4 cm³/mol. The lowest BCUT2D eigenvalue weighted by molar-refractivity contribution is -0.109. The van der Waals surface area contributed by atoms with Gasteiger partial charge in [0, 0.05) is 24.6 Å². The summed E-state index contributed by atoms with van der Waals surface area (Å²) in [5, 5.41) is 0. The minimum Gasteiger partial charge on any atom is -0.493 e. The molecule has 1 aliphatic rings. The molecule has 6 heteroatoms. The number of benzene rings is 1. The summed E-state index contributed by atoms with van der Waals surface area (Å²) in [5.41, 5.74) is 1.67. The SMILES string of the molecule is CCOC(=O)N1CCC(C=O)c2c(ccc(OC)c2OC)C1. The lowest BCUT2D eigenvalue weighted by atomic mass is 9.92. The minimum absolute atomic E-state index is 0.325. The number of hydrogen-bond acceptors (Lipinski definition) is 5. The summed E-state index contributed by atoms with van der Waals surface area (Å²) >= 11 is 0. The Hall–Kier alpha value is -2.24. The molecule has 1 atom stereocenters. The van der Waals surface area contributed by atoms with Gasteiger partial charge >= 0.3 is 6.09 Å². The van der Waals surface area contributed by atoms with Crippen molar-refractivity contribution < 1.29 is 23.8 Å². The second-order valence-electron chi connectivity index (χ2n) is 5.03. The molecule has 0 saturated carbocycles. The molecule has 0 aliphatic carbocycles. The van der Waals surface area contributed by atoms with E-state index < -0.39 is 0 Å². The first-order valence-corrected chi connectivity index (χ1v) is 7.27. The number of aldehydes is 1. The van der Waals surface area contributed by atoms with Crippen molar-refractivity contribution in [3.63, 3.8) is 0 Å². The third kappa shape index (κ3) is 3.00. The normalized spacial score (nSPS) is 17.2. The van der Waals surface area contributed by atoms with Gasteiger partial charge in [-0.15, -0.1) is 0 Å². The van der Waals surface area contributed by atoms with Gasteiger partial charge in [-0.2, -0.15) is 0 Å². The molecule has 0 radical (unpaired) electrons. The van der Waals surface area contributed by atoms with Crippen molar-refractivity contribution in [2.24, 2.45) is 0 Å². The van der Waals surface area contributed by atoms with Crippen molar-refractivity contribution in [1.29, 1.82) is 0 Å². The van der Waals surface area contributed by atoms with E-state index in [0.29, 0.717) is 37.6 Å². The van der Waals surface area contributed by atoms with Gasteiger partial charge in [0.1, 0.15) is 6.29 Å². The number of rotatable bonds is 4. The van der Waals surface area contributed by atoms with Crippen molar-refractivity contribution >= 4 is 12.4 Å². The van der Waals surface area contributed by atoms with E-state index in [4.69, 9.17) is 14.2 Å². The van der Waals surface area contributed by atoms with Crippen LogP contribution in [0.25, 0.3) is 0 Å². The Kier molecular flexibility index (Phi) is 5.25. The van der Waals surface area contributed by atoms with Crippen LogP contribution in [-0.4, -0.2) is 44.7 Å². The van der Waals surface area contributed by atoms with Crippen LogP contribution in [0.4, 0.5) is 4.79 Å². The molecule has 6 nitrogen and oxygen atoms in total. The number of fused-ring (bicyclic) bond motifs is 1. The highest BCUT2D eigenvalue weighted by Crippen LogP contribution is 2.40. The Labute approximate surface area is 129 Å². The first kappa shape index (κ1) is 16.1. The summed E-state index contributed by atoms with van der Waals surface area (Å²) in [5.74, 6) is 0.806. The predicted octanol–water partition coefficient (Wildman–Crippen LogP) is 2.35. The second kappa shape index (κ2) is 7.15. The molecule has 1 aromatic carbocycles. The Morgan fingerprint density at radius 2 is 2.14 bits per heavy atom. The van der Waals surface area contributed by atoms with Gasteiger partial charge in [-0.25, -0.2) is 4.79 Å². The highest BCUT2D eigenvalue weighted by atomic mass is 16.6. The number of methoxy groups -OCH3 is 2. The summed E-state index contributed by atoms with van der Waals surface area (Å²) in [6.45, 7) is 2.94. The fraction of sp³-hybridized carbons (Fsp3) is 0.500. The van der Waals surface area contributed by atoms with E-state index in [1.54, 1.807) is 32.1 Å². The van der Waals surface area contributed by atoms with Crippen LogP contribution in [0.2, 0.25) is 0 Å². The Balaban J connectivity index is 2.45. The molecule has 22 heavy (non-hydrogen) atoms. The highest BCUT2D eigenvalue weighted by molar-refractivity contribution is 5.71. The molecule has 120 valence electrons. The maximum Gasteiger partial charge on any atom is 0.410 e. The minimum atomic E-state index is -0.366. The molecule has 2 rings (SSSR count). The molecule has 1 aromatic rings. The van der Waals surface area contributed by atoms with Crippen molar-refractivity contribution in [2.45, 2.75) is 25.8 Å². The van der Waals surface area contributed by atoms with Crippen LogP contribution in [-0.2, 0) is 16.1 Å². The Morgan fingerprint density at radius 3 is 2.73 bits per heavy atom. The van der Waals surface area contributed by atoms with Gasteiger partial charge in [0.25, 0.3) is 0 Å². The first-order valence-electron chi connectivity index (χ1n) is 7.27. The largest absolute Gasteiger partial charge is 0.493 e. The third-order valence-corrected chi connectivity index (χ3v) is 3.81. The summed E-state index contributed by atoms with van der Waals surface area (Å²) in [6.07, 6.45) is 1.06. The third-order valence-electron chi connectivity index (χ3n) is 3.81. The van der Waals surface area contributed by atoms with Crippen LogP contribution in [0, 0.1) is 0 Å². The van der Waals surface area contributed by atoms with E-state index in [-0.39, 0.29) is 12.0 Å². The quantitative estimate of drug-likeness (QED) is 0.799. The first-order chi connectivity index (χ1) is 10.7. The molecule has 0 N–H and O–H groups in total. The van der Waals surface area contributed by atoms with Crippen LogP contribution in [0.5, 0.6) is 11.5 Å².